The number of fused-ring (bicyclic) bond motifs is 1. The number of carbonyl (C=O) groups excluding carboxylic acids is 2. The van der Waals surface area contributed by atoms with Gasteiger partial charge < -0.3 is 14.2 Å². The van der Waals surface area contributed by atoms with E-state index in [1.54, 1.807) is 20.1 Å². The van der Waals surface area contributed by atoms with E-state index in [1.807, 2.05) is 12.1 Å². The Morgan fingerprint density at radius 3 is 2.77 bits per heavy atom. The van der Waals surface area contributed by atoms with Crippen molar-refractivity contribution in [3.8, 4) is 5.75 Å². The van der Waals surface area contributed by atoms with E-state index in [0.717, 1.165) is 28.9 Å². The van der Waals surface area contributed by atoms with E-state index >= 15 is 0 Å². The van der Waals surface area contributed by atoms with Gasteiger partial charge in [-0.25, -0.2) is 4.79 Å². The molecule has 0 saturated carbocycles. The lowest BCUT2D eigenvalue weighted by Crippen LogP contribution is -2.27. The SMILES string of the molecule is C=Cc1ccc(OC)c2c1CCC(C(=O)OC(=O)OCC)C2. The Labute approximate surface area is 129 Å². The third kappa shape index (κ3) is 3.30. The second-order valence-corrected chi connectivity index (χ2v) is 5.06. The average molecular weight is 304 g/mol. The van der Waals surface area contributed by atoms with Gasteiger partial charge in [0.25, 0.3) is 0 Å². The Bertz CT molecular complexity index is 591. The molecule has 2 rings (SSSR count). The standard InChI is InChI=1S/C17H20O5/c1-4-11-7-9-15(20-3)14-10-12(6-8-13(11)14)16(18)22-17(19)21-5-2/h4,7,9,12H,1,5-6,8,10H2,2-3H3. The molecule has 0 spiro atoms. The summed E-state index contributed by atoms with van der Waals surface area (Å²) in [4.78, 5) is 23.3. The van der Waals surface area contributed by atoms with Gasteiger partial charge >= 0.3 is 12.1 Å². The zero-order valence-corrected chi connectivity index (χ0v) is 12.9. The molecule has 1 aliphatic carbocycles. The molecule has 5 heteroatoms. The molecule has 0 amide bonds. The highest BCUT2D eigenvalue weighted by Gasteiger charge is 2.30. The molecule has 0 radical (unpaired) electrons. The lowest BCUT2D eigenvalue weighted by atomic mass is 9.81. The third-order valence-electron chi connectivity index (χ3n) is 3.84. The highest BCUT2D eigenvalue weighted by Crippen LogP contribution is 2.35. The molecule has 0 fully saturated rings. The highest BCUT2D eigenvalue weighted by molar-refractivity contribution is 5.84. The van der Waals surface area contributed by atoms with Crippen LogP contribution in [0.4, 0.5) is 4.79 Å². The van der Waals surface area contributed by atoms with Crippen molar-refractivity contribution in [3.05, 3.63) is 35.4 Å². The lowest BCUT2D eigenvalue weighted by molar-refractivity contribution is -0.144. The van der Waals surface area contributed by atoms with Crippen LogP contribution in [0.15, 0.2) is 18.7 Å². The second kappa shape index (κ2) is 7.11. The number of rotatable bonds is 4. The molecule has 22 heavy (non-hydrogen) atoms. The largest absolute Gasteiger partial charge is 0.516 e. The molecule has 1 unspecified atom stereocenters. The molecule has 1 atom stereocenters. The minimum Gasteiger partial charge on any atom is -0.496 e. The minimum atomic E-state index is -0.940. The van der Waals surface area contributed by atoms with Crippen molar-refractivity contribution < 1.29 is 23.8 Å². The van der Waals surface area contributed by atoms with Crippen molar-refractivity contribution in [2.24, 2.45) is 5.92 Å². The number of benzene rings is 1. The molecule has 0 saturated heterocycles. The molecule has 5 nitrogen and oxygen atoms in total. The Morgan fingerprint density at radius 2 is 2.14 bits per heavy atom. The summed E-state index contributed by atoms with van der Waals surface area (Å²) in [5.41, 5.74) is 3.18. The zero-order valence-electron chi connectivity index (χ0n) is 12.9. The van der Waals surface area contributed by atoms with Crippen molar-refractivity contribution in [2.75, 3.05) is 13.7 Å². The summed E-state index contributed by atoms with van der Waals surface area (Å²) in [6, 6.07) is 3.83. The summed E-state index contributed by atoms with van der Waals surface area (Å²) in [5.74, 6) is -0.171. The summed E-state index contributed by atoms with van der Waals surface area (Å²) >= 11 is 0. The summed E-state index contributed by atoms with van der Waals surface area (Å²) in [5, 5.41) is 0. The summed E-state index contributed by atoms with van der Waals surface area (Å²) in [6.45, 7) is 5.65. The maximum Gasteiger partial charge on any atom is 0.516 e. The molecule has 1 aromatic rings. The fraction of sp³-hybridized carbons (Fsp3) is 0.412. The van der Waals surface area contributed by atoms with Crippen LogP contribution in [0.5, 0.6) is 5.75 Å². The molecule has 1 aromatic carbocycles. The first-order valence-electron chi connectivity index (χ1n) is 7.30. The molecule has 1 aliphatic rings. The smallest absolute Gasteiger partial charge is 0.496 e. The quantitative estimate of drug-likeness (QED) is 0.631. The summed E-state index contributed by atoms with van der Waals surface area (Å²) in [7, 11) is 1.60. The summed E-state index contributed by atoms with van der Waals surface area (Å²) < 4.78 is 14.7. The first kappa shape index (κ1) is 16.1. The fourth-order valence-corrected chi connectivity index (χ4v) is 2.77. The van der Waals surface area contributed by atoms with Gasteiger partial charge in [-0.15, -0.1) is 0 Å². The molecular formula is C17H20O5. The molecule has 0 N–H and O–H groups in total. The molecule has 0 bridgehead atoms. The minimum absolute atomic E-state index is 0.177. The number of carbonyl (C=O) groups is 2. The Balaban J connectivity index is 2.18. The van der Waals surface area contributed by atoms with Gasteiger partial charge in [0, 0.05) is 0 Å². The van der Waals surface area contributed by atoms with Gasteiger partial charge in [0.1, 0.15) is 5.75 Å². The van der Waals surface area contributed by atoms with Crippen LogP contribution in [0.2, 0.25) is 0 Å². The van der Waals surface area contributed by atoms with Crippen LogP contribution in [0.1, 0.15) is 30.0 Å². The van der Waals surface area contributed by atoms with Gasteiger partial charge in [-0.05, 0) is 48.9 Å². The molecule has 0 heterocycles. The number of hydrogen-bond donors (Lipinski definition) is 0. The van der Waals surface area contributed by atoms with Gasteiger partial charge in [0.15, 0.2) is 0 Å². The maximum absolute atomic E-state index is 12.1. The van der Waals surface area contributed by atoms with Gasteiger partial charge in [-0.3, -0.25) is 4.79 Å². The van der Waals surface area contributed by atoms with E-state index in [4.69, 9.17) is 9.47 Å². The van der Waals surface area contributed by atoms with Crippen molar-refractivity contribution >= 4 is 18.2 Å². The van der Waals surface area contributed by atoms with E-state index in [-0.39, 0.29) is 12.5 Å². The topological polar surface area (TPSA) is 61.8 Å². The summed E-state index contributed by atoms with van der Waals surface area (Å²) in [6.07, 6.45) is 2.69. The first-order chi connectivity index (χ1) is 10.6. The molecule has 118 valence electrons. The lowest BCUT2D eigenvalue weighted by Gasteiger charge is -2.25. The number of hydrogen-bond acceptors (Lipinski definition) is 5. The average Bonchev–Trinajstić information content (AvgIpc) is 2.53. The van der Waals surface area contributed by atoms with Crippen LogP contribution in [0.3, 0.4) is 0 Å². The van der Waals surface area contributed by atoms with Crippen LogP contribution in [-0.4, -0.2) is 25.8 Å². The predicted molar refractivity (Wildman–Crippen MR) is 81.7 cm³/mol. The van der Waals surface area contributed by atoms with E-state index in [2.05, 4.69) is 11.3 Å². The van der Waals surface area contributed by atoms with Gasteiger partial charge in [0.05, 0.1) is 19.6 Å². The Morgan fingerprint density at radius 1 is 1.36 bits per heavy atom. The number of esters is 1. The van der Waals surface area contributed by atoms with Crippen LogP contribution in [-0.2, 0) is 27.1 Å². The number of methoxy groups -OCH3 is 1. The predicted octanol–water partition coefficient (Wildman–Crippen LogP) is 3.14. The fourth-order valence-electron chi connectivity index (χ4n) is 2.77. The molecule has 0 aliphatic heterocycles. The van der Waals surface area contributed by atoms with Crippen molar-refractivity contribution in [1.29, 1.82) is 0 Å². The maximum atomic E-state index is 12.1. The van der Waals surface area contributed by atoms with Crippen molar-refractivity contribution in [1.82, 2.24) is 0 Å². The van der Waals surface area contributed by atoms with Gasteiger partial charge in [0.2, 0.25) is 0 Å². The number of ether oxygens (including phenoxy) is 3. The molecule has 0 aromatic heterocycles. The zero-order chi connectivity index (χ0) is 16.1. The monoisotopic (exact) mass is 304 g/mol. The van der Waals surface area contributed by atoms with Crippen LogP contribution in [0, 0.1) is 5.92 Å². The van der Waals surface area contributed by atoms with Crippen LogP contribution >= 0.6 is 0 Å². The Hall–Kier alpha value is -2.30. The van der Waals surface area contributed by atoms with E-state index in [1.165, 1.54) is 0 Å². The van der Waals surface area contributed by atoms with Crippen LogP contribution in [0.25, 0.3) is 6.08 Å². The van der Waals surface area contributed by atoms with E-state index in [9.17, 15) is 9.59 Å². The van der Waals surface area contributed by atoms with E-state index < -0.39 is 12.1 Å². The third-order valence-corrected chi connectivity index (χ3v) is 3.84. The van der Waals surface area contributed by atoms with Crippen molar-refractivity contribution in [3.63, 3.8) is 0 Å². The Kier molecular flexibility index (Phi) is 5.20. The first-order valence-corrected chi connectivity index (χ1v) is 7.30. The van der Waals surface area contributed by atoms with Crippen LogP contribution < -0.4 is 4.74 Å². The van der Waals surface area contributed by atoms with Crippen molar-refractivity contribution in [2.45, 2.75) is 26.2 Å². The normalized spacial score (nSPS) is 16.4. The van der Waals surface area contributed by atoms with E-state index in [0.29, 0.717) is 12.8 Å². The molecular weight excluding hydrogens is 284 g/mol. The van der Waals surface area contributed by atoms with Gasteiger partial charge in [-0.1, -0.05) is 18.7 Å². The highest BCUT2D eigenvalue weighted by atomic mass is 16.7. The van der Waals surface area contributed by atoms with Gasteiger partial charge in [-0.2, -0.15) is 0 Å². The second-order valence-electron chi connectivity index (χ2n) is 5.06.